The summed E-state index contributed by atoms with van der Waals surface area (Å²) in [5.41, 5.74) is 1.67. The maximum Gasteiger partial charge on any atom is 0.243 e. The fourth-order valence-corrected chi connectivity index (χ4v) is 5.72. The lowest BCUT2D eigenvalue weighted by Crippen LogP contribution is -2.45. The summed E-state index contributed by atoms with van der Waals surface area (Å²) in [4.78, 5) is 30.4. The van der Waals surface area contributed by atoms with Gasteiger partial charge >= 0.3 is 0 Å². The Bertz CT molecular complexity index is 1260. The molecule has 1 saturated heterocycles. The third-order valence-corrected chi connectivity index (χ3v) is 7.75. The minimum atomic E-state index is -0.338. The van der Waals surface area contributed by atoms with Gasteiger partial charge in [-0.3, -0.25) is 14.6 Å². The zero-order chi connectivity index (χ0) is 25.1. The van der Waals surface area contributed by atoms with Crippen LogP contribution in [0.1, 0.15) is 27.3 Å². The first-order valence-electron chi connectivity index (χ1n) is 10.9. The van der Waals surface area contributed by atoms with Gasteiger partial charge in [-0.25, -0.2) is 0 Å². The largest absolute Gasteiger partial charge is 0.495 e. The van der Waals surface area contributed by atoms with Gasteiger partial charge in [-0.1, -0.05) is 29.8 Å². The van der Waals surface area contributed by atoms with E-state index in [2.05, 4.69) is 11.9 Å². The highest BCUT2D eigenvalue weighted by Gasteiger charge is 2.28. The minimum absolute atomic E-state index is 0.0151. The van der Waals surface area contributed by atoms with Crippen LogP contribution in [0.5, 0.6) is 11.5 Å². The molecule has 184 valence electrons. The first kappa shape index (κ1) is 25.4. The predicted octanol–water partition coefficient (Wildman–Crippen LogP) is 5.10. The molecule has 1 fully saturated rings. The number of thiophene rings is 1. The number of fused-ring (bicyclic) bond motifs is 1. The Morgan fingerprint density at radius 1 is 1.23 bits per heavy atom. The van der Waals surface area contributed by atoms with E-state index in [0.717, 1.165) is 16.8 Å². The van der Waals surface area contributed by atoms with E-state index < -0.39 is 0 Å². The van der Waals surface area contributed by atoms with Gasteiger partial charge in [-0.2, -0.15) is 0 Å². The van der Waals surface area contributed by atoms with E-state index in [1.807, 2.05) is 12.1 Å². The van der Waals surface area contributed by atoms with Gasteiger partial charge in [0.25, 0.3) is 0 Å². The molecule has 35 heavy (non-hydrogen) atoms. The number of nitrogens with zero attached hydrogens (tertiary/aromatic N) is 1. The molecule has 0 bridgehead atoms. The number of ketones is 1. The van der Waals surface area contributed by atoms with Crippen LogP contribution in [-0.2, 0) is 16.0 Å². The van der Waals surface area contributed by atoms with Crippen LogP contribution >= 0.6 is 34.5 Å². The third kappa shape index (κ3) is 5.30. The van der Waals surface area contributed by atoms with Crippen LogP contribution in [0, 0.1) is 5.92 Å². The Labute approximate surface area is 217 Å². The lowest BCUT2D eigenvalue weighted by molar-refractivity contribution is -0.118. The van der Waals surface area contributed by atoms with E-state index in [1.165, 1.54) is 31.6 Å². The van der Waals surface area contributed by atoms with Gasteiger partial charge in [-0.05, 0) is 37.1 Å². The monoisotopic (exact) mass is 534 g/mol. The van der Waals surface area contributed by atoms with Crippen LogP contribution in [0.4, 0.5) is 0 Å². The first-order valence-corrected chi connectivity index (χ1v) is 12.5. The van der Waals surface area contributed by atoms with Gasteiger partial charge < -0.3 is 19.5 Å². The van der Waals surface area contributed by atoms with E-state index >= 15 is 0 Å². The number of carbonyl (C=O) groups excluding carboxylic acids is 2. The Morgan fingerprint density at radius 2 is 1.94 bits per heavy atom. The molecule has 2 aromatic heterocycles. The van der Waals surface area contributed by atoms with Crippen molar-refractivity contribution in [2.45, 2.75) is 18.9 Å². The highest BCUT2D eigenvalue weighted by Crippen LogP contribution is 2.42. The van der Waals surface area contributed by atoms with Crippen LogP contribution in [0.15, 0.2) is 36.9 Å². The van der Waals surface area contributed by atoms with Crippen molar-refractivity contribution < 1.29 is 23.8 Å². The summed E-state index contributed by atoms with van der Waals surface area (Å²) < 4.78 is 17.1. The van der Waals surface area contributed by atoms with Crippen molar-refractivity contribution in [3.8, 4) is 11.5 Å². The molecule has 7 nitrogen and oxygen atoms in total. The highest BCUT2D eigenvalue weighted by atomic mass is 35.5. The fourth-order valence-electron chi connectivity index (χ4n) is 4.10. The Balaban J connectivity index is 1.62. The van der Waals surface area contributed by atoms with Gasteiger partial charge in [0.15, 0.2) is 0 Å². The average Bonchev–Trinajstić information content (AvgIpc) is 3.29. The second kappa shape index (κ2) is 11.0. The zero-order valence-corrected chi connectivity index (χ0v) is 21.6. The fraction of sp³-hybridized carbons (Fsp3) is 0.320. The van der Waals surface area contributed by atoms with Crippen LogP contribution < -0.4 is 14.8 Å². The molecular formula is C25H24Cl2N2O5S. The number of hydrogen-bond acceptors (Lipinski definition) is 7. The SMILES string of the molecule is C=CC(=O)NC1CCOCC1Cc1ccc2sc(C(=O)c3c(Cl)c(OC)cc(OC)c3Cl)cc2n1. The normalized spacial score (nSPS) is 17.7. The molecule has 4 rings (SSSR count). The van der Waals surface area contributed by atoms with Crippen molar-refractivity contribution in [3.05, 3.63) is 63.1 Å². The predicted molar refractivity (Wildman–Crippen MR) is 137 cm³/mol. The zero-order valence-electron chi connectivity index (χ0n) is 19.2. The molecule has 0 aliphatic carbocycles. The molecule has 2 unspecified atom stereocenters. The topological polar surface area (TPSA) is 86.8 Å². The van der Waals surface area contributed by atoms with E-state index in [9.17, 15) is 9.59 Å². The average molecular weight is 535 g/mol. The van der Waals surface area contributed by atoms with Crippen molar-refractivity contribution >= 4 is 56.4 Å². The van der Waals surface area contributed by atoms with Crippen LogP contribution in [-0.4, -0.2) is 50.1 Å². The Morgan fingerprint density at radius 3 is 2.60 bits per heavy atom. The number of amides is 1. The third-order valence-electron chi connectivity index (χ3n) is 5.91. The number of halogens is 2. The summed E-state index contributed by atoms with van der Waals surface area (Å²) in [7, 11) is 2.91. The van der Waals surface area contributed by atoms with Gasteiger partial charge in [0.1, 0.15) is 11.5 Å². The maximum absolute atomic E-state index is 13.4. The summed E-state index contributed by atoms with van der Waals surface area (Å²) in [6.45, 7) is 4.66. The summed E-state index contributed by atoms with van der Waals surface area (Å²) >= 11 is 14.2. The molecular weight excluding hydrogens is 511 g/mol. The van der Waals surface area contributed by atoms with Gasteiger partial charge in [-0.15, -0.1) is 11.3 Å². The van der Waals surface area contributed by atoms with Crippen LogP contribution in [0.25, 0.3) is 10.2 Å². The molecule has 0 radical (unpaired) electrons. The van der Waals surface area contributed by atoms with E-state index in [1.54, 1.807) is 12.1 Å². The van der Waals surface area contributed by atoms with Gasteiger partial charge in [0.2, 0.25) is 11.7 Å². The standard InChI is InChI=1S/C25H24Cl2N2O5S/c1-4-21(30)29-15-7-8-34-12-13(15)9-14-5-6-19-16(28-14)10-20(35-19)25(31)22-23(26)17(32-2)11-18(33-3)24(22)27/h4-6,10-11,13,15H,1,7-9,12H2,2-3H3,(H,29,30). The Kier molecular flexibility index (Phi) is 7.96. The molecule has 1 amide bonds. The molecule has 1 aromatic carbocycles. The number of benzene rings is 1. The first-order chi connectivity index (χ1) is 16.9. The molecule has 1 aliphatic heterocycles. The molecule has 0 saturated carbocycles. The number of ether oxygens (including phenoxy) is 3. The quantitative estimate of drug-likeness (QED) is 0.319. The van der Waals surface area contributed by atoms with Crippen molar-refractivity contribution in [1.82, 2.24) is 10.3 Å². The molecule has 3 heterocycles. The van der Waals surface area contributed by atoms with Crippen LogP contribution in [0.3, 0.4) is 0 Å². The second-order valence-electron chi connectivity index (χ2n) is 8.06. The Hall–Kier alpha value is -2.65. The van der Waals surface area contributed by atoms with E-state index in [4.69, 9.17) is 42.4 Å². The summed E-state index contributed by atoms with van der Waals surface area (Å²) in [6, 6.07) is 7.13. The molecule has 3 aromatic rings. The van der Waals surface area contributed by atoms with E-state index in [-0.39, 0.29) is 39.3 Å². The smallest absolute Gasteiger partial charge is 0.243 e. The molecule has 10 heteroatoms. The van der Waals surface area contributed by atoms with Gasteiger partial charge in [0.05, 0.1) is 51.5 Å². The molecule has 2 atom stereocenters. The maximum atomic E-state index is 13.4. The lowest BCUT2D eigenvalue weighted by atomic mass is 9.91. The number of nitrogens with one attached hydrogen (secondary N) is 1. The summed E-state index contributed by atoms with van der Waals surface area (Å²) in [6.07, 6.45) is 2.63. The van der Waals surface area contributed by atoms with Crippen LogP contribution in [0.2, 0.25) is 10.0 Å². The minimum Gasteiger partial charge on any atom is -0.495 e. The number of rotatable bonds is 8. The number of methoxy groups -OCH3 is 2. The summed E-state index contributed by atoms with van der Waals surface area (Å²) in [5, 5.41) is 3.24. The highest BCUT2D eigenvalue weighted by molar-refractivity contribution is 7.21. The number of aromatic nitrogens is 1. The number of hydrogen-bond donors (Lipinski definition) is 1. The summed E-state index contributed by atoms with van der Waals surface area (Å²) in [5.74, 6) is 0.141. The second-order valence-corrected chi connectivity index (χ2v) is 9.90. The van der Waals surface area contributed by atoms with Crippen molar-refractivity contribution in [2.75, 3.05) is 27.4 Å². The number of pyridine rings is 1. The molecule has 1 aliphatic rings. The molecule has 1 N–H and O–H groups in total. The van der Waals surface area contributed by atoms with Crippen molar-refractivity contribution in [2.24, 2.45) is 5.92 Å². The molecule has 0 spiro atoms. The number of carbonyl (C=O) groups is 2. The van der Waals surface area contributed by atoms with Gasteiger partial charge in [0, 0.05) is 30.3 Å². The van der Waals surface area contributed by atoms with Crippen molar-refractivity contribution in [1.29, 1.82) is 0 Å². The lowest BCUT2D eigenvalue weighted by Gasteiger charge is -2.31. The van der Waals surface area contributed by atoms with Crippen molar-refractivity contribution in [3.63, 3.8) is 0 Å². The van der Waals surface area contributed by atoms with E-state index in [0.29, 0.717) is 41.5 Å².